The molecule has 0 amide bonds. The first-order valence-electron chi connectivity index (χ1n) is 8.18. The average molecular weight is 330 g/mol. The van der Waals surface area contributed by atoms with Crippen LogP contribution in [0.3, 0.4) is 0 Å². The summed E-state index contributed by atoms with van der Waals surface area (Å²) in [6.07, 6.45) is 5.34. The van der Waals surface area contributed by atoms with Crippen molar-refractivity contribution in [2.45, 2.75) is 12.8 Å². The molecule has 3 rings (SSSR count). The van der Waals surface area contributed by atoms with Crippen molar-refractivity contribution in [2.75, 3.05) is 19.6 Å². The molecule has 0 spiro atoms. The molecule has 25 heavy (non-hydrogen) atoms. The molecular formula is C19H18N6. The molecule has 0 bridgehead atoms. The number of fused-ring (bicyclic) bond motifs is 1. The number of nitrogens with zero attached hydrogens (tertiary/aromatic N) is 5. The number of hydrogen-bond donors (Lipinski definition) is 1. The zero-order chi connectivity index (χ0) is 18.0. The summed E-state index contributed by atoms with van der Waals surface area (Å²) >= 11 is 0. The molecule has 1 aromatic rings. The van der Waals surface area contributed by atoms with Crippen LogP contribution >= 0.6 is 0 Å². The molecule has 0 saturated heterocycles. The molecule has 6 heteroatoms. The monoisotopic (exact) mass is 330 g/mol. The minimum atomic E-state index is -1.58. The lowest BCUT2D eigenvalue weighted by Crippen LogP contribution is -2.48. The molecule has 2 atom stereocenters. The summed E-state index contributed by atoms with van der Waals surface area (Å²) in [7, 11) is 0. The van der Waals surface area contributed by atoms with E-state index in [2.05, 4.69) is 35.0 Å². The third-order valence-electron chi connectivity index (χ3n) is 5.23. The maximum Gasteiger partial charge on any atom is 0.191 e. The zero-order valence-electron chi connectivity index (χ0n) is 14.0. The Balaban J connectivity index is 2.30. The van der Waals surface area contributed by atoms with Crippen LogP contribution in [0.5, 0.6) is 0 Å². The van der Waals surface area contributed by atoms with Crippen LogP contribution in [0, 0.1) is 45.3 Å². The minimum Gasteiger partial charge on any atom is -0.399 e. The van der Waals surface area contributed by atoms with Gasteiger partial charge in [-0.05, 0) is 23.7 Å². The normalized spacial score (nSPS) is 25.1. The molecule has 0 radical (unpaired) electrons. The number of nitrogens with two attached hydrogens (primary N) is 1. The molecule has 2 N–H and O–H groups in total. The fourth-order valence-corrected chi connectivity index (χ4v) is 3.93. The molecular weight excluding hydrogens is 312 g/mol. The van der Waals surface area contributed by atoms with Crippen LogP contribution in [0.15, 0.2) is 47.4 Å². The Hall–Kier alpha value is -3.14. The second kappa shape index (κ2) is 6.40. The molecule has 0 aromatic carbocycles. The predicted molar refractivity (Wildman–Crippen MR) is 91.2 cm³/mol. The Labute approximate surface area is 147 Å². The second-order valence-corrected chi connectivity index (χ2v) is 6.31. The van der Waals surface area contributed by atoms with Gasteiger partial charge < -0.3 is 5.73 Å². The number of likely N-dealkylation sites (N-methyl/N-ethyl adjacent to an activating group) is 1. The smallest absolute Gasteiger partial charge is 0.191 e. The van der Waals surface area contributed by atoms with Crippen molar-refractivity contribution in [1.29, 1.82) is 15.8 Å². The van der Waals surface area contributed by atoms with Gasteiger partial charge in [-0.3, -0.25) is 9.88 Å². The van der Waals surface area contributed by atoms with Crippen molar-refractivity contribution in [2.24, 2.45) is 17.1 Å². The topological polar surface area (TPSA) is 114 Å². The van der Waals surface area contributed by atoms with Crippen LogP contribution in [0.1, 0.15) is 18.4 Å². The van der Waals surface area contributed by atoms with E-state index in [-0.39, 0.29) is 17.2 Å². The highest BCUT2D eigenvalue weighted by Crippen LogP contribution is 2.53. The van der Waals surface area contributed by atoms with E-state index in [1.807, 2.05) is 12.1 Å². The second-order valence-electron chi connectivity index (χ2n) is 6.31. The maximum absolute atomic E-state index is 9.92. The van der Waals surface area contributed by atoms with Crippen molar-refractivity contribution in [3.8, 4) is 18.2 Å². The minimum absolute atomic E-state index is 0.0568. The van der Waals surface area contributed by atoms with E-state index >= 15 is 0 Å². The van der Waals surface area contributed by atoms with Crippen LogP contribution in [0.4, 0.5) is 0 Å². The van der Waals surface area contributed by atoms with Crippen LogP contribution in [-0.4, -0.2) is 29.5 Å². The van der Waals surface area contributed by atoms with Crippen molar-refractivity contribution in [3.05, 3.63) is 53.0 Å². The van der Waals surface area contributed by atoms with Crippen molar-refractivity contribution < 1.29 is 0 Å². The highest BCUT2D eigenvalue weighted by molar-refractivity contribution is 5.59. The number of nitriles is 3. The summed E-state index contributed by atoms with van der Waals surface area (Å²) in [6, 6.07) is 10.0. The molecule has 6 nitrogen and oxygen atoms in total. The SMILES string of the molecule is CCN1CC=C2C(C#N)=C(N)C(C#N)(C#N)[C@@H](c3cccnc3)[C@H]2C1. The summed E-state index contributed by atoms with van der Waals surface area (Å²) in [6.45, 7) is 4.32. The van der Waals surface area contributed by atoms with Gasteiger partial charge in [0.05, 0.1) is 23.4 Å². The van der Waals surface area contributed by atoms with Crippen molar-refractivity contribution in [3.63, 3.8) is 0 Å². The van der Waals surface area contributed by atoms with Gasteiger partial charge in [0.15, 0.2) is 5.41 Å². The quantitative estimate of drug-likeness (QED) is 0.885. The summed E-state index contributed by atoms with van der Waals surface area (Å²) in [4.78, 5) is 6.39. The van der Waals surface area contributed by atoms with Gasteiger partial charge in [0.2, 0.25) is 0 Å². The summed E-state index contributed by atoms with van der Waals surface area (Å²) in [5, 5.41) is 29.5. The summed E-state index contributed by atoms with van der Waals surface area (Å²) in [5.41, 5.74) is 6.63. The van der Waals surface area contributed by atoms with E-state index < -0.39 is 11.3 Å². The van der Waals surface area contributed by atoms with Gasteiger partial charge in [-0.2, -0.15) is 15.8 Å². The van der Waals surface area contributed by atoms with Crippen LogP contribution in [0.25, 0.3) is 0 Å². The number of pyridine rings is 1. The number of allylic oxidation sites excluding steroid dienone is 2. The van der Waals surface area contributed by atoms with Crippen molar-refractivity contribution in [1.82, 2.24) is 9.88 Å². The van der Waals surface area contributed by atoms with Gasteiger partial charge in [0.1, 0.15) is 6.07 Å². The van der Waals surface area contributed by atoms with E-state index in [9.17, 15) is 15.8 Å². The Morgan fingerprint density at radius 1 is 1.36 bits per heavy atom. The van der Waals surface area contributed by atoms with E-state index in [1.165, 1.54) is 0 Å². The van der Waals surface area contributed by atoms with E-state index in [0.29, 0.717) is 6.54 Å². The first-order valence-corrected chi connectivity index (χ1v) is 8.18. The lowest BCUT2D eigenvalue weighted by Gasteiger charge is -2.45. The Morgan fingerprint density at radius 3 is 2.68 bits per heavy atom. The molecule has 0 fully saturated rings. The van der Waals surface area contributed by atoms with Crippen LogP contribution < -0.4 is 5.73 Å². The first kappa shape index (κ1) is 16.7. The maximum atomic E-state index is 9.92. The molecule has 2 aliphatic rings. The van der Waals surface area contributed by atoms with Crippen LogP contribution in [0.2, 0.25) is 0 Å². The molecule has 0 saturated carbocycles. The third kappa shape index (κ3) is 2.38. The molecule has 1 aliphatic heterocycles. The predicted octanol–water partition coefficient (Wildman–Crippen LogP) is 1.83. The van der Waals surface area contributed by atoms with Gasteiger partial charge in [-0.1, -0.05) is 19.1 Å². The van der Waals surface area contributed by atoms with Gasteiger partial charge in [-0.25, -0.2) is 0 Å². The van der Waals surface area contributed by atoms with E-state index in [4.69, 9.17) is 5.73 Å². The molecule has 2 heterocycles. The molecule has 1 aromatic heterocycles. The van der Waals surface area contributed by atoms with Crippen LogP contribution in [-0.2, 0) is 0 Å². The number of hydrogen-bond acceptors (Lipinski definition) is 6. The highest BCUT2D eigenvalue weighted by Gasteiger charge is 2.54. The van der Waals surface area contributed by atoms with Crippen molar-refractivity contribution >= 4 is 0 Å². The molecule has 124 valence electrons. The van der Waals surface area contributed by atoms with E-state index in [0.717, 1.165) is 24.2 Å². The lowest BCUT2D eigenvalue weighted by molar-refractivity contribution is 0.214. The average Bonchev–Trinajstić information content (AvgIpc) is 2.67. The zero-order valence-corrected chi connectivity index (χ0v) is 14.0. The first-order chi connectivity index (χ1) is 12.1. The largest absolute Gasteiger partial charge is 0.399 e. The summed E-state index contributed by atoms with van der Waals surface area (Å²) in [5.74, 6) is -0.618. The van der Waals surface area contributed by atoms with Gasteiger partial charge in [0, 0.05) is 37.3 Å². The number of aromatic nitrogens is 1. The lowest BCUT2D eigenvalue weighted by atomic mass is 9.58. The molecule has 1 aliphatic carbocycles. The third-order valence-corrected chi connectivity index (χ3v) is 5.23. The summed E-state index contributed by atoms with van der Waals surface area (Å²) < 4.78 is 0. The fraction of sp³-hybridized carbons (Fsp3) is 0.368. The Bertz CT molecular complexity index is 848. The number of rotatable bonds is 2. The Kier molecular flexibility index (Phi) is 4.28. The fourth-order valence-electron chi connectivity index (χ4n) is 3.93. The highest BCUT2D eigenvalue weighted by atomic mass is 15.1. The van der Waals surface area contributed by atoms with Gasteiger partial charge in [0.25, 0.3) is 0 Å². The van der Waals surface area contributed by atoms with Gasteiger partial charge >= 0.3 is 0 Å². The standard InChI is InChI=1S/C19H18N6/c1-2-25-7-5-14-15(8-20)18(23)19(11-21,12-22)17(16(14)10-25)13-4-3-6-24-9-13/h3-6,9,16-17H,2,7,10,23H2,1H3/t16-,17-/m0/s1. The van der Waals surface area contributed by atoms with E-state index in [1.54, 1.807) is 18.5 Å². The van der Waals surface area contributed by atoms with Gasteiger partial charge in [-0.15, -0.1) is 0 Å². The molecule has 0 unspecified atom stereocenters. The Morgan fingerprint density at radius 2 is 2.12 bits per heavy atom.